The topological polar surface area (TPSA) is 172 Å². The molecule has 0 aliphatic carbocycles. The third-order valence-electron chi connectivity index (χ3n) is 4.40. The number of esters is 5. The molecule has 1 aromatic carbocycles. The number of ether oxygens (including phenoxy) is 5. The van der Waals surface area contributed by atoms with Crippen molar-refractivity contribution < 1.29 is 57.9 Å². The fourth-order valence-corrected chi connectivity index (χ4v) is 2.43. The third-order valence-corrected chi connectivity index (χ3v) is 4.40. The molecule has 0 bridgehead atoms. The lowest BCUT2D eigenvalue weighted by atomic mass is 10.0. The summed E-state index contributed by atoms with van der Waals surface area (Å²) in [4.78, 5) is 61.8. The molecule has 0 aliphatic heterocycles. The highest BCUT2D eigenvalue weighted by atomic mass is 16.7. The molecule has 0 heterocycles. The minimum Gasteiger partial charge on any atom is -0.458 e. The first-order valence-corrected chi connectivity index (χ1v) is 11.1. The Hall–Kier alpha value is -4.29. The van der Waals surface area contributed by atoms with Gasteiger partial charge in [-0.1, -0.05) is 25.8 Å². The van der Waals surface area contributed by atoms with Crippen molar-refractivity contribution in [1.29, 1.82) is 0 Å². The highest BCUT2D eigenvalue weighted by Gasteiger charge is 2.30. The highest BCUT2D eigenvalue weighted by Crippen LogP contribution is 2.19. The molecular weight excluding hydrogens is 504 g/mol. The number of carbonyl (C=O) groups excluding carboxylic acids is 5. The van der Waals surface area contributed by atoms with Crippen LogP contribution in [0.4, 0.5) is 0 Å². The molecule has 0 radical (unpaired) electrons. The van der Waals surface area contributed by atoms with Crippen LogP contribution >= 0.6 is 0 Å². The van der Waals surface area contributed by atoms with E-state index in [1.54, 1.807) is 0 Å². The van der Waals surface area contributed by atoms with Crippen LogP contribution in [0.15, 0.2) is 55.2 Å². The summed E-state index contributed by atoms with van der Waals surface area (Å²) in [6.07, 6.45) is -5.07. The highest BCUT2D eigenvalue weighted by molar-refractivity contribution is 6.05. The second kappa shape index (κ2) is 14.4. The third kappa shape index (κ3) is 9.30. The van der Waals surface area contributed by atoms with Gasteiger partial charge in [0.15, 0.2) is 0 Å². The van der Waals surface area contributed by atoms with Gasteiger partial charge in [-0.05, 0) is 45.9 Å². The number of hydrogen-bond acceptors (Lipinski definition) is 12. The molecule has 0 saturated carbocycles. The van der Waals surface area contributed by atoms with E-state index in [2.05, 4.69) is 19.7 Å². The molecule has 0 fully saturated rings. The van der Waals surface area contributed by atoms with E-state index in [1.807, 2.05) is 0 Å². The average Bonchev–Trinajstić information content (AvgIpc) is 2.85. The maximum Gasteiger partial charge on any atom is 0.342 e. The smallest absolute Gasteiger partial charge is 0.342 e. The van der Waals surface area contributed by atoms with Crippen molar-refractivity contribution in [2.24, 2.45) is 0 Å². The number of aliphatic hydroxyl groups excluding tert-OH is 2. The van der Waals surface area contributed by atoms with Gasteiger partial charge in [-0.2, -0.15) is 0 Å². The Morgan fingerprint density at radius 3 is 1.68 bits per heavy atom. The Balaban J connectivity index is 3.34. The fourth-order valence-electron chi connectivity index (χ4n) is 2.43. The first kappa shape index (κ1) is 31.7. The molecule has 12 heteroatoms. The van der Waals surface area contributed by atoms with Gasteiger partial charge in [0.1, 0.15) is 18.8 Å². The molecular formula is C26H30O12. The lowest BCUT2D eigenvalue weighted by molar-refractivity contribution is -0.181. The summed E-state index contributed by atoms with van der Waals surface area (Å²) in [5, 5.41) is 19.7. The molecule has 0 aromatic heterocycles. The second-order valence-electron chi connectivity index (χ2n) is 8.05. The minimum atomic E-state index is -1.75. The molecule has 12 nitrogen and oxygen atoms in total. The van der Waals surface area contributed by atoms with E-state index in [0.717, 1.165) is 18.2 Å². The van der Waals surface area contributed by atoms with Gasteiger partial charge in [0.05, 0.1) is 16.7 Å². The van der Waals surface area contributed by atoms with Crippen molar-refractivity contribution in [2.45, 2.75) is 52.5 Å². The van der Waals surface area contributed by atoms with Gasteiger partial charge >= 0.3 is 29.8 Å². The number of hydrogen-bond donors (Lipinski definition) is 2. The predicted octanol–water partition coefficient (Wildman–Crippen LogP) is 2.00. The Kier molecular flexibility index (Phi) is 12.1. The predicted molar refractivity (Wildman–Crippen MR) is 131 cm³/mol. The van der Waals surface area contributed by atoms with Gasteiger partial charge in [-0.25, -0.2) is 24.0 Å². The Bertz CT molecular complexity index is 1120. The minimum absolute atomic E-state index is 0.00810. The molecule has 1 aromatic rings. The van der Waals surface area contributed by atoms with E-state index < -0.39 is 65.8 Å². The maximum absolute atomic E-state index is 12.9. The van der Waals surface area contributed by atoms with Gasteiger partial charge in [-0.3, -0.25) is 0 Å². The Labute approximate surface area is 219 Å². The summed E-state index contributed by atoms with van der Waals surface area (Å²) in [5.74, 6) is -5.24. The lowest BCUT2D eigenvalue weighted by Crippen LogP contribution is -2.35. The zero-order valence-electron chi connectivity index (χ0n) is 21.4. The van der Waals surface area contributed by atoms with Crippen molar-refractivity contribution in [3.63, 3.8) is 0 Å². The van der Waals surface area contributed by atoms with Crippen LogP contribution in [0.5, 0.6) is 0 Å². The van der Waals surface area contributed by atoms with E-state index in [1.165, 1.54) is 33.8 Å². The van der Waals surface area contributed by atoms with Gasteiger partial charge < -0.3 is 33.9 Å². The zero-order valence-corrected chi connectivity index (χ0v) is 21.4. The van der Waals surface area contributed by atoms with Crippen molar-refractivity contribution in [1.82, 2.24) is 0 Å². The normalized spacial score (nSPS) is 13.5. The number of carbonyl (C=O) groups is 5. The summed E-state index contributed by atoms with van der Waals surface area (Å²) in [6, 6.07) is 3.06. The largest absolute Gasteiger partial charge is 0.458 e. The van der Waals surface area contributed by atoms with E-state index in [4.69, 9.17) is 23.7 Å². The van der Waals surface area contributed by atoms with Crippen molar-refractivity contribution in [3.05, 3.63) is 71.8 Å². The molecule has 4 atom stereocenters. The summed E-state index contributed by atoms with van der Waals surface area (Å²) in [6.45, 7) is 15.1. The van der Waals surface area contributed by atoms with Crippen molar-refractivity contribution in [2.75, 3.05) is 6.61 Å². The molecule has 1 rings (SSSR count). The standard InChI is InChI=1S/C26H30O12/c1-8-11-34-23(32)19-12-17(22(31)37-25(15(6)27)35-20(29)13(2)3)9-10-18(19)24(33)38-26(16(7)28)36-21(30)14(4)5/h8-10,12,15-16,25-28H,1-2,4,11H2,3,5-7H3. The fraction of sp³-hybridized carbons (Fsp3) is 0.346. The SMILES string of the molecule is C=CCOC(=O)c1cc(C(=O)OC(OC(=O)C(=C)C)C(C)O)ccc1C(=O)OC(OC(=O)C(=C)C)C(C)O. The van der Waals surface area contributed by atoms with E-state index in [0.29, 0.717) is 0 Å². The molecule has 4 unspecified atom stereocenters. The quantitative estimate of drug-likeness (QED) is 0.124. The van der Waals surface area contributed by atoms with Crippen LogP contribution < -0.4 is 0 Å². The maximum atomic E-state index is 12.9. The van der Waals surface area contributed by atoms with Crippen LogP contribution in [-0.2, 0) is 33.3 Å². The van der Waals surface area contributed by atoms with Crippen LogP contribution in [0.3, 0.4) is 0 Å². The van der Waals surface area contributed by atoms with Crippen LogP contribution in [0.1, 0.15) is 58.8 Å². The lowest BCUT2D eigenvalue weighted by Gasteiger charge is -2.22. The van der Waals surface area contributed by atoms with Crippen LogP contribution in [0.25, 0.3) is 0 Å². The Morgan fingerprint density at radius 1 is 0.789 bits per heavy atom. The van der Waals surface area contributed by atoms with Crippen LogP contribution in [0, 0.1) is 0 Å². The van der Waals surface area contributed by atoms with E-state index >= 15 is 0 Å². The van der Waals surface area contributed by atoms with Gasteiger partial charge in [0.2, 0.25) is 0 Å². The number of aliphatic hydroxyl groups is 2. The monoisotopic (exact) mass is 534 g/mol. The van der Waals surface area contributed by atoms with E-state index in [9.17, 15) is 34.2 Å². The molecule has 0 amide bonds. The molecule has 2 N–H and O–H groups in total. The average molecular weight is 535 g/mol. The second-order valence-corrected chi connectivity index (χ2v) is 8.05. The molecule has 206 valence electrons. The van der Waals surface area contributed by atoms with Crippen LogP contribution in [0.2, 0.25) is 0 Å². The summed E-state index contributed by atoms with van der Waals surface area (Å²) in [7, 11) is 0. The molecule has 0 saturated heterocycles. The van der Waals surface area contributed by atoms with Crippen LogP contribution in [-0.4, -0.2) is 71.5 Å². The zero-order chi connectivity index (χ0) is 29.2. The van der Waals surface area contributed by atoms with Gasteiger partial charge in [0, 0.05) is 11.1 Å². The summed E-state index contributed by atoms with van der Waals surface area (Å²) >= 11 is 0. The molecule has 0 spiro atoms. The van der Waals surface area contributed by atoms with Crippen molar-refractivity contribution in [3.8, 4) is 0 Å². The first-order valence-electron chi connectivity index (χ1n) is 11.1. The summed E-state index contributed by atoms with van der Waals surface area (Å²) in [5.41, 5.74) is -1.17. The molecule has 38 heavy (non-hydrogen) atoms. The van der Waals surface area contributed by atoms with Gasteiger partial charge in [-0.15, -0.1) is 0 Å². The number of benzene rings is 1. The van der Waals surface area contributed by atoms with Crippen molar-refractivity contribution >= 4 is 29.8 Å². The van der Waals surface area contributed by atoms with Gasteiger partial charge in [0.25, 0.3) is 12.6 Å². The molecule has 0 aliphatic rings. The van der Waals surface area contributed by atoms with E-state index in [-0.39, 0.29) is 23.3 Å². The number of rotatable bonds is 13. The Morgan fingerprint density at radius 2 is 1.26 bits per heavy atom. The summed E-state index contributed by atoms with van der Waals surface area (Å²) < 4.78 is 24.9. The first-order chi connectivity index (χ1) is 17.7.